The lowest BCUT2D eigenvalue weighted by molar-refractivity contribution is 0.0666. The Balaban J connectivity index is 2.03. The molecule has 0 aliphatic rings. The third-order valence-corrected chi connectivity index (χ3v) is 4.83. The maximum atomic E-state index is 12.8. The standard InChI is InChI=1S/C11H9F2N5OS2/c1-20-11-16-8-7(21-11)9(19)17(5-15-8)4-6-14-2-3-18(6)10(12)13/h2-3,5,10H,4H2,1H3. The van der Waals surface area contributed by atoms with Crippen LogP contribution in [-0.4, -0.2) is 30.3 Å². The highest BCUT2D eigenvalue weighted by atomic mass is 32.2. The van der Waals surface area contributed by atoms with E-state index in [1.165, 1.54) is 46.4 Å². The maximum Gasteiger partial charge on any atom is 0.319 e. The molecule has 0 bridgehead atoms. The number of hydrogen-bond acceptors (Lipinski definition) is 6. The van der Waals surface area contributed by atoms with Gasteiger partial charge in [0.05, 0.1) is 6.54 Å². The zero-order valence-corrected chi connectivity index (χ0v) is 12.4. The molecule has 21 heavy (non-hydrogen) atoms. The minimum Gasteiger partial charge on any atom is -0.290 e. The van der Waals surface area contributed by atoms with Crippen molar-refractivity contribution in [2.45, 2.75) is 17.4 Å². The van der Waals surface area contributed by atoms with Crippen LogP contribution >= 0.6 is 23.1 Å². The van der Waals surface area contributed by atoms with Gasteiger partial charge in [0, 0.05) is 12.4 Å². The first-order chi connectivity index (χ1) is 10.1. The Kier molecular flexibility index (Phi) is 3.72. The van der Waals surface area contributed by atoms with Gasteiger partial charge < -0.3 is 0 Å². The average molecular weight is 329 g/mol. The number of thioether (sulfide) groups is 1. The van der Waals surface area contributed by atoms with Crippen LogP contribution in [0.2, 0.25) is 0 Å². The highest BCUT2D eigenvalue weighted by Gasteiger charge is 2.15. The highest BCUT2D eigenvalue weighted by Crippen LogP contribution is 2.24. The van der Waals surface area contributed by atoms with Crippen LogP contribution in [0.3, 0.4) is 0 Å². The Labute approximate surface area is 125 Å². The number of nitrogens with zero attached hydrogens (tertiary/aromatic N) is 5. The summed E-state index contributed by atoms with van der Waals surface area (Å²) in [6.07, 6.45) is 5.61. The van der Waals surface area contributed by atoms with Crippen LogP contribution in [0.5, 0.6) is 0 Å². The molecule has 0 spiro atoms. The molecule has 3 aromatic rings. The first-order valence-corrected chi connectivity index (χ1v) is 7.84. The van der Waals surface area contributed by atoms with E-state index in [0.29, 0.717) is 10.3 Å². The quantitative estimate of drug-likeness (QED) is 0.687. The summed E-state index contributed by atoms with van der Waals surface area (Å²) < 4.78 is 28.7. The van der Waals surface area contributed by atoms with Gasteiger partial charge >= 0.3 is 6.55 Å². The van der Waals surface area contributed by atoms with Crippen molar-refractivity contribution in [3.8, 4) is 0 Å². The molecular formula is C11H9F2N5OS2. The summed E-state index contributed by atoms with van der Waals surface area (Å²) in [6, 6.07) is 0. The summed E-state index contributed by atoms with van der Waals surface area (Å²) >= 11 is 2.67. The second kappa shape index (κ2) is 5.53. The van der Waals surface area contributed by atoms with Gasteiger partial charge in [-0.05, 0) is 6.26 Å². The molecular weight excluding hydrogens is 320 g/mol. The normalized spacial score (nSPS) is 11.6. The molecule has 3 rings (SSSR count). The maximum absolute atomic E-state index is 12.8. The van der Waals surface area contributed by atoms with Gasteiger partial charge in [-0.1, -0.05) is 11.8 Å². The van der Waals surface area contributed by atoms with Gasteiger partial charge in [0.1, 0.15) is 16.9 Å². The van der Waals surface area contributed by atoms with Gasteiger partial charge in [0.15, 0.2) is 9.99 Å². The van der Waals surface area contributed by atoms with Crippen molar-refractivity contribution in [2.75, 3.05) is 6.26 Å². The van der Waals surface area contributed by atoms with Gasteiger partial charge in [-0.2, -0.15) is 8.78 Å². The predicted molar refractivity (Wildman–Crippen MR) is 76.0 cm³/mol. The van der Waals surface area contributed by atoms with Crippen molar-refractivity contribution in [2.24, 2.45) is 0 Å². The molecule has 10 heteroatoms. The largest absolute Gasteiger partial charge is 0.319 e. The Morgan fingerprint density at radius 3 is 2.95 bits per heavy atom. The van der Waals surface area contributed by atoms with Crippen LogP contribution in [-0.2, 0) is 6.54 Å². The van der Waals surface area contributed by atoms with Crippen LogP contribution in [0.4, 0.5) is 8.78 Å². The molecule has 0 N–H and O–H groups in total. The minimum absolute atomic E-state index is 0.0639. The number of aromatic nitrogens is 5. The Morgan fingerprint density at radius 2 is 2.24 bits per heavy atom. The minimum atomic E-state index is -2.69. The van der Waals surface area contributed by atoms with Crippen LogP contribution in [0.15, 0.2) is 27.9 Å². The van der Waals surface area contributed by atoms with Gasteiger partial charge in [-0.25, -0.2) is 15.0 Å². The summed E-state index contributed by atoms with van der Waals surface area (Å²) in [4.78, 5) is 24.5. The molecule has 0 radical (unpaired) electrons. The monoisotopic (exact) mass is 329 g/mol. The summed E-state index contributed by atoms with van der Waals surface area (Å²) in [7, 11) is 0. The van der Waals surface area contributed by atoms with Crippen molar-refractivity contribution in [1.82, 2.24) is 24.1 Å². The van der Waals surface area contributed by atoms with Crippen molar-refractivity contribution in [1.29, 1.82) is 0 Å². The molecule has 0 atom stereocenters. The topological polar surface area (TPSA) is 65.6 Å². The number of hydrogen-bond donors (Lipinski definition) is 0. The van der Waals surface area contributed by atoms with Crippen LogP contribution in [0.1, 0.15) is 12.4 Å². The summed E-state index contributed by atoms with van der Waals surface area (Å²) in [6.45, 7) is -2.76. The fraction of sp³-hybridized carbons (Fsp3) is 0.273. The van der Waals surface area contributed by atoms with E-state index in [4.69, 9.17) is 0 Å². The number of rotatable bonds is 4. The summed E-state index contributed by atoms with van der Waals surface area (Å²) in [5.41, 5.74) is 0.0735. The van der Waals surface area contributed by atoms with E-state index in [-0.39, 0.29) is 17.9 Å². The number of halogens is 2. The van der Waals surface area contributed by atoms with Crippen LogP contribution in [0.25, 0.3) is 10.3 Å². The number of fused-ring (bicyclic) bond motifs is 1. The van der Waals surface area contributed by atoms with Crippen molar-refractivity contribution in [3.63, 3.8) is 0 Å². The highest BCUT2D eigenvalue weighted by molar-refractivity contribution is 8.00. The molecule has 0 aliphatic heterocycles. The molecule has 110 valence electrons. The average Bonchev–Trinajstić information content (AvgIpc) is 3.08. The molecule has 0 fully saturated rings. The van der Waals surface area contributed by atoms with Crippen molar-refractivity contribution >= 4 is 33.4 Å². The smallest absolute Gasteiger partial charge is 0.290 e. The lowest BCUT2D eigenvalue weighted by Crippen LogP contribution is -2.22. The van der Waals surface area contributed by atoms with Crippen LogP contribution < -0.4 is 5.56 Å². The van der Waals surface area contributed by atoms with E-state index in [2.05, 4.69) is 15.0 Å². The Hall–Kier alpha value is -1.81. The SMILES string of the molecule is CSc1nc2ncn(Cc3nccn3C(F)F)c(=O)c2s1. The predicted octanol–water partition coefficient (Wildman–Crippen LogP) is 2.21. The lowest BCUT2D eigenvalue weighted by Gasteiger charge is -2.07. The Morgan fingerprint density at radius 1 is 1.43 bits per heavy atom. The van der Waals surface area contributed by atoms with Crippen molar-refractivity contribution in [3.05, 3.63) is 34.9 Å². The zero-order valence-electron chi connectivity index (χ0n) is 10.7. The molecule has 0 aromatic carbocycles. The summed E-state index contributed by atoms with van der Waals surface area (Å²) in [5, 5.41) is 0. The molecule has 0 unspecified atom stereocenters. The molecule has 0 saturated carbocycles. The molecule has 6 nitrogen and oxygen atoms in total. The third-order valence-electron chi connectivity index (χ3n) is 2.81. The molecule has 0 aliphatic carbocycles. The van der Waals surface area contributed by atoms with E-state index in [9.17, 15) is 13.6 Å². The van der Waals surface area contributed by atoms with E-state index in [0.717, 1.165) is 8.91 Å². The zero-order chi connectivity index (χ0) is 15.0. The van der Waals surface area contributed by atoms with Gasteiger partial charge in [-0.15, -0.1) is 11.3 Å². The van der Waals surface area contributed by atoms with Crippen LogP contribution in [0, 0.1) is 0 Å². The molecule has 0 saturated heterocycles. The second-order valence-electron chi connectivity index (χ2n) is 4.04. The molecule has 3 aromatic heterocycles. The van der Waals surface area contributed by atoms with E-state index in [1.54, 1.807) is 0 Å². The fourth-order valence-electron chi connectivity index (χ4n) is 1.82. The van der Waals surface area contributed by atoms with Crippen molar-refractivity contribution < 1.29 is 8.78 Å². The Bertz CT molecular complexity index is 841. The van der Waals surface area contributed by atoms with Gasteiger partial charge in [0.25, 0.3) is 5.56 Å². The number of thiazole rings is 1. The van der Waals surface area contributed by atoms with Gasteiger partial charge in [0.2, 0.25) is 0 Å². The first kappa shape index (κ1) is 14.1. The lowest BCUT2D eigenvalue weighted by atomic mass is 10.5. The van der Waals surface area contributed by atoms with E-state index in [1.807, 2.05) is 6.26 Å². The third kappa shape index (κ3) is 2.56. The van der Waals surface area contributed by atoms with Gasteiger partial charge in [-0.3, -0.25) is 13.9 Å². The molecule has 0 amide bonds. The van der Waals surface area contributed by atoms with E-state index >= 15 is 0 Å². The van der Waals surface area contributed by atoms with E-state index < -0.39 is 6.55 Å². The number of alkyl halides is 2. The number of imidazole rings is 1. The molecule has 3 heterocycles. The second-order valence-corrected chi connectivity index (χ2v) is 6.10. The first-order valence-electron chi connectivity index (χ1n) is 5.80. The fourth-order valence-corrected chi connectivity index (χ4v) is 3.29. The summed E-state index contributed by atoms with van der Waals surface area (Å²) in [5.74, 6) is 0.0999.